The molecule has 1 rings (SSSR count). The SMILES string of the molecule is C=C(C)NC(C(=O)OC)c1cc(O)ccc1OC(C)=O.[H-].[Na+]. The van der Waals surface area contributed by atoms with E-state index >= 15 is 0 Å². The summed E-state index contributed by atoms with van der Waals surface area (Å²) in [7, 11) is 1.24. The van der Waals surface area contributed by atoms with Gasteiger partial charge < -0.3 is 21.3 Å². The number of esters is 2. The summed E-state index contributed by atoms with van der Waals surface area (Å²) in [6.45, 7) is 6.58. The van der Waals surface area contributed by atoms with Gasteiger partial charge in [-0.3, -0.25) is 4.79 Å². The quantitative estimate of drug-likeness (QED) is 0.403. The van der Waals surface area contributed by atoms with E-state index in [1.165, 1.54) is 32.2 Å². The Morgan fingerprint density at radius 1 is 1.38 bits per heavy atom. The molecule has 2 N–H and O–H groups in total. The van der Waals surface area contributed by atoms with Gasteiger partial charge >= 0.3 is 41.5 Å². The molecule has 1 unspecified atom stereocenters. The Morgan fingerprint density at radius 2 is 2.00 bits per heavy atom. The molecule has 6 nitrogen and oxygen atoms in total. The summed E-state index contributed by atoms with van der Waals surface area (Å²) in [5.41, 5.74) is 0.813. The maximum absolute atomic E-state index is 11.8. The first kappa shape index (κ1) is 19.5. The Labute approximate surface area is 146 Å². The van der Waals surface area contributed by atoms with Crippen molar-refractivity contribution in [3.05, 3.63) is 36.0 Å². The number of phenols is 1. The number of allylic oxidation sites excluding steroid dienone is 1. The number of carbonyl (C=O) groups is 2. The summed E-state index contributed by atoms with van der Waals surface area (Å²) in [5, 5.41) is 12.4. The number of nitrogens with one attached hydrogen (secondary N) is 1. The van der Waals surface area contributed by atoms with Crippen molar-refractivity contribution < 1.29 is 55.2 Å². The number of carbonyl (C=O) groups excluding carboxylic acids is 2. The number of rotatable bonds is 5. The minimum atomic E-state index is -0.932. The van der Waals surface area contributed by atoms with Gasteiger partial charge in [0.15, 0.2) is 6.04 Å². The normalized spacial score (nSPS) is 10.8. The molecule has 0 amide bonds. The number of benzene rings is 1. The van der Waals surface area contributed by atoms with Crippen LogP contribution in [0.15, 0.2) is 30.5 Å². The molecule has 0 aliphatic carbocycles. The molecule has 0 fully saturated rings. The summed E-state index contributed by atoms with van der Waals surface area (Å²) >= 11 is 0. The fourth-order valence-electron chi connectivity index (χ4n) is 1.64. The Morgan fingerprint density at radius 3 is 2.48 bits per heavy atom. The van der Waals surface area contributed by atoms with Crippen LogP contribution in [0, 0.1) is 0 Å². The monoisotopic (exact) mass is 303 g/mol. The molecule has 0 heterocycles. The van der Waals surface area contributed by atoms with Crippen molar-refractivity contribution >= 4 is 11.9 Å². The zero-order valence-corrected chi connectivity index (χ0v) is 14.6. The van der Waals surface area contributed by atoms with Crippen LogP contribution >= 0.6 is 0 Å². The molecule has 0 saturated heterocycles. The maximum Gasteiger partial charge on any atom is 1.00 e. The number of methoxy groups -OCH3 is 1. The third kappa shape index (κ3) is 5.79. The number of hydrogen-bond donors (Lipinski definition) is 2. The predicted molar refractivity (Wildman–Crippen MR) is 73.2 cm³/mol. The third-order valence-corrected chi connectivity index (χ3v) is 2.39. The smallest absolute Gasteiger partial charge is 1.00 e. The van der Waals surface area contributed by atoms with Crippen molar-refractivity contribution in [1.82, 2.24) is 5.32 Å². The topological polar surface area (TPSA) is 84.9 Å². The van der Waals surface area contributed by atoms with Gasteiger partial charge in [0.1, 0.15) is 11.5 Å². The van der Waals surface area contributed by atoms with E-state index in [2.05, 4.69) is 11.9 Å². The van der Waals surface area contributed by atoms with Crippen molar-refractivity contribution in [2.24, 2.45) is 0 Å². The van der Waals surface area contributed by atoms with Crippen molar-refractivity contribution in [1.29, 1.82) is 0 Å². The van der Waals surface area contributed by atoms with Gasteiger partial charge in [-0.1, -0.05) is 6.58 Å². The van der Waals surface area contributed by atoms with Gasteiger partial charge in [-0.2, -0.15) is 0 Å². The van der Waals surface area contributed by atoms with Crippen molar-refractivity contribution in [3.8, 4) is 11.5 Å². The minimum Gasteiger partial charge on any atom is -1.00 e. The zero-order valence-electron chi connectivity index (χ0n) is 13.6. The van der Waals surface area contributed by atoms with Crippen molar-refractivity contribution in [3.63, 3.8) is 0 Å². The number of phenolic OH excluding ortho intramolecular Hbond substituents is 1. The Kier molecular flexibility index (Phi) is 8.09. The molecule has 1 aromatic carbocycles. The van der Waals surface area contributed by atoms with Crippen LogP contribution in [0.2, 0.25) is 0 Å². The molecule has 110 valence electrons. The fourth-order valence-corrected chi connectivity index (χ4v) is 1.64. The molecule has 0 aliphatic rings. The molecule has 0 aliphatic heterocycles. The largest absolute Gasteiger partial charge is 1.00 e. The number of ether oxygens (including phenoxy) is 2. The Bertz CT molecular complexity index is 550. The molecule has 0 aromatic heterocycles. The Hall–Kier alpha value is -1.50. The number of aromatic hydroxyl groups is 1. The van der Waals surface area contributed by atoms with Gasteiger partial charge in [-0.15, -0.1) is 0 Å². The van der Waals surface area contributed by atoms with E-state index in [1.807, 2.05) is 0 Å². The van der Waals surface area contributed by atoms with Crippen molar-refractivity contribution in [2.75, 3.05) is 7.11 Å². The van der Waals surface area contributed by atoms with Crippen LogP contribution < -0.4 is 39.6 Å². The second-order valence-electron chi connectivity index (χ2n) is 4.20. The molecule has 0 radical (unpaired) electrons. The molecule has 1 aromatic rings. The van der Waals surface area contributed by atoms with Crippen molar-refractivity contribution in [2.45, 2.75) is 19.9 Å². The molecule has 7 heteroatoms. The average Bonchev–Trinajstić information content (AvgIpc) is 2.36. The van der Waals surface area contributed by atoms with Crippen LogP contribution in [0.3, 0.4) is 0 Å². The van der Waals surface area contributed by atoms with Crippen LogP contribution in [-0.2, 0) is 14.3 Å². The first-order valence-corrected chi connectivity index (χ1v) is 5.86. The van der Waals surface area contributed by atoms with E-state index in [1.54, 1.807) is 6.92 Å². The van der Waals surface area contributed by atoms with E-state index in [4.69, 9.17) is 9.47 Å². The first-order valence-electron chi connectivity index (χ1n) is 5.86. The van der Waals surface area contributed by atoms with E-state index in [0.717, 1.165) is 0 Å². The number of hydrogen-bond acceptors (Lipinski definition) is 6. The van der Waals surface area contributed by atoms with Gasteiger partial charge in [0.25, 0.3) is 0 Å². The van der Waals surface area contributed by atoms with Crippen LogP contribution in [0.5, 0.6) is 11.5 Å². The van der Waals surface area contributed by atoms with Gasteiger partial charge in [-0.05, 0) is 25.1 Å². The summed E-state index contributed by atoms with van der Waals surface area (Å²) < 4.78 is 9.73. The fraction of sp³-hybridized carbons (Fsp3) is 0.286. The predicted octanol–water partition coefficient (Wildman–Crippen LogP) is -1.23. The van der Waals surface area contributed by atoms with Gasteiger partial charge in [0.05, 0.1) is 7.11 Å². The van der Waals surface area contributed by atoms with Crippen LogP contribution in [-0.4, -0.2) is 24.2 Å². The third-order valence-electron chi connectivity index (χ3n) is 2.39. The molecular formula is C14H18NNaO5. The zero-order chi connectivity index (χ0) is 15.3. The van der Waals surface area contributed by atoms with Gasteiger partial charge in [0.2, 0.25) is 0 Å². The molecule has 1 atom stereocenters. The maximum atomic E-state index is 11.8. The van der Waals surface area contributed by atoms with Crippen LogP contribution in [0.25, 0.3) is 0 Å². The van der Waals surface area contributed by atoms with Crippen LogP contribution in [0.1, 0.15) is 26.9 Å². The summed E-state index contributed by atoms with van der Waals surface area (Å²) in [6.07, 6.45) is 0. The van der Waals surface area contributed by atoms with E-state index in [-0.39, 0.29) is 48.0 Å². The summed E-state index contributed by atoms with van der Waals surface area (Å²) in [5.74, 6) is -1.02. The van der Waals surface area contributed by atoms with E-state index in [9.17, 15) is 14.7 Å². The molecule has 21 heavy (non-hydrogen) atoms. The van der Waals surface area contributed by atoms with E-state index < -0.39 is 18.0 Å². The van der Waals surface area contributed by atoms with E-state index in [0.29, 0.717) is 5.70 Å². The average molecular weight is 303 g/mol. The minimum absolute atomic E-state index is 0. The molecular weight excluding hydrogens is 285 g/mol. The summed E-state index contributed by atoms with van der Waals surface area (Å²) in [4.78, 5) is 22.9. The van der Waals surface area contributed by atoms with Gasteiger partial charge in [-0.25, -0.2) is 4.79 Å². The molecule has 0 saturated carbocycles. The Balaban J connectivity index is 0. The van der Waals surface area contributed by atoms with Crippen LogP contribution in [0.4, 0.5) is 0 Å². The second-order valence-corrected chi connectivity index (χ2v) is 4.20. The standard InChI is InChI=1S/C14H17NO5.Na.H/c1-8(2)15-13(14(18)19-4)11-7-10(17)5-6-12(11)20-9(3)16;;/h5-7,13,15,17H,1H2,2-4H3;;/q;+1;-1. The summed E-state index contributed by atoms with van der Waals surface area (Å²) in [6, 6.07) is 3.16. The molecule has 0 bridgehead atoms. The van der Waals surface area contributed by atoms with Gasteiger partial charge in [0, 0.05) is 18.2 Å². The molecule has 0 spiro atoms. The first-order chi connectivity index (χ1) is 9.35. The second kappa shape index (κ2) is 8.71.